The largest absolute Gasteiger partial charge is 0.481 e. The van der Waals surface area contributed by atoms with Gasteiger partial charge in [-0.05, 0) is 59.2 Å². The molecule has 1 atom stereocenters. The molecule has 0 spiro atoms. The van der Waals surface area contributed by atoms with Crippen LogP contribution in [0.2, 0.25) is 0 Å². The van der Waals surface area contributed by atoms with Crippen molar-refractivity contribution >= 4 is 33.2 Å². The van der Waals surface area contributed by atoms with Gasteiger partial charge in [-0.1, -0.05) is 19.3 Å². The predicted octanol–water partition coefficient (Wildman–Crippen LogP) is 4.63. The molecule has 3 nitrogen and oxygen atoms in total. The van der Waals surface area contributed by atoms with E-state index in [2.05, 4.69) is 28.9 Å². The maximum Gasteiger partial charge on any atom is 0.303 e. The van der Waals surface area contributed by atoms with Gasteiger partial charge >= 0.3 is 5.97 Å². The van der Waals surface area contributed by atoms with Crippen molar-refractivity contribution in [2.45, 2.75) is 57.9 Å². The van der Waals surface area contributed by atoms with E-state index in [4.69, 9.17) is 5.73 Å². The monoisotopic (exact) mass is 359 g/mol. The molecule has 0 aliphatic heterocycles. The van der Waals surface area contributed by atoms with Crippen molar-refractivity contribution in [2.24, 2.45) is 11.1 Å². The molecule has 3 N–H and O–H groups in total. The summed E-state index contributed by atoms with van der Waals surface area (Å²) >= 11 is 5.19. The molecule has 1 unspecified atom stereocenters. The fourth-order valence-electron chi connectivity index (χ4n) is 3.48. The number of hydrogen-bond donors (Lipinski definition) is 2. The van der Waals surface area contributed by atoms with Gasteiger partial charge in [0.2, 0.25) is 0 Å². The Balaban J connectivity index is 2.14. The molecule has 1 aliphatic rings. The summed E-state index contributed by atoms with van der Waals surface area (Å²) in [4.78, 5) is 12.4. The second kappa shape index (κ2) is 6.58. The summed E-state index contributed by atoms with van der Waals surface area (Å²) in [6.07, 6.45) is 6.52. The number of hydrogen-bond acceptors (Lipinski definition) is 3. The molecule has 112 valence electrons. The number of halogens is 1. The first-order valence-corrected chi connectivity index (χ1v) is 8.76. The smallest absolute Gasteiger partial charge is 0.303 e. The molecular weight excluding hydrogens is 338 g/mol. The van der Waals surface area contributed by atoms with Crippen LogP contribution in [0.25, 0.3) is 0 Å². The molecule has 1 fully saturated rings. The lowest BCUT2D eigenvalue weighted by atomic mass is 9.67. The molecule has 1 aliphatic carbocycles. The van der Waals surface area contributed by atoms with E-state index < -0.39 is 5.97 Å². The Labute approximate surface area is 132 Å². The standard InChI is InChI=1S/C15H22BrNO2S/c1-10-11(7-13(16)20-10)12(17)8-15(9-14(18)19)5-3-2-4-6-15/h7,12H,2-6,8-9,17H2,1H3,(H,18,19). The number of aryl methyl sites for hydroxylation is 1. The Hall–Kier alpha value is -0.390. The van der Waals surface area contributed by atoms with E-state index >= 15 is 0 Å². The molecule has 1 saturated carbocycles. The fraction of sp³-hybridized carbons (Fsp3) is 0.667. The molecule has 0 aromatic carbocycles. The average Bonchev–Trinajstić information content (AvgIpc) is 2.68. The zero-order chi connectivity index (χ0) is 14.8. The lowest BCUT2D eigenvalue weighted by Crippen LogP contribution is -2.31. The lowest BCUT2D eigenvalue weighted by Gasteiger charge is -2.38. The maximum atomic E-state index is 11.2. The number of aliphatic carboxylic acids is 1. The van der Waals surface area contributed by atoms with Gasteiger partial charge in [-0.2, -0.15) is 0 Å². The second-order valence-electron chi connectivity index (χ2n) is 6.00. The summed E-state index contributed by atoms with van der Waals surface area (Å²) in [7, 11) is 0. The van der Waals surface area contributed by atoms with E-state index in [0.29, 0.717) is 0 Å². The van der Waals surface area contributed by atoms with Gasteiger partial charge in [-0.15, -0.1) is 11.3 Å². The Morgan fingerprint density at radius 3 is 2.65 bits per heavy atom. The van der Waals surface area contributed by atoms with Crippen LogP contribution in [0.5, 0.6) is 0 Å². The first kappa shape index (κ1) is 16.0. The van der Waals surface area contributed by atoms with E-state index in [1.165, 1.54) is 11.3 Å². The third kappa shape index (κ3) is 3.83. The first-order chi connectivity index (χ1) is 9.42. The van der Waals surface area contributed by atoms with Gasteiger partial charge in [0.05, 0.1) is 10.2 Å². The van der Waals surface area contributed by atoms with Crippen LogP contribution in [0.3, 0.4) is 0 Å². The Kier molecular flexibility index (Phi) is 5.26. The van der Waals surface area contributed by atoms with Crippen molar-refractivity contribution in [3.8, 4) is 0 Å². The third-order valence-corrected chi connectivity index (χ3v) is 5.99. The van der Waals surface area contributed by atoms with Crippen LogP contribution < -0.4 is 5.73 Å². The fourth-order valence-corrected chi connectivity index (χ4v) is 5.26. The van der Waals surface area contributed by atoms with Crippen LogP contribution in [-0.4, -0.2) is 11.1 Å². The molecule has 2 rings (SSSR count). The minimum absolute atomic E-state index is 0.0602. The van der Waals surface area contributed by atoms with Crippen molar-refractivity contribution < 1.29 is 9.90 Å². The van der Waals surface area contributed by atoms with Gasteiger partial charge < -0.3 is 10.8 Å². The summed E-state index contributed by atoms with van der Waals surface area (Å²) in [5.41, 5.74) is 7.45. The number of rotatable bonds is 5. The zero-order valence-electron chi connectivity index (χ0n) is 11.8. The second-order valence-corrected chi connectivity index (χ2v) is 8.64. The van der Waals surface area contributed by atoms with Crippen LogP contribution in [0, 0.1) is 12.3 Å². The molecule has 1 heterocycles. The Bertz CT molecular complexity index is 480. The molecular formula is C15H22BrNO2S. The maximum absolute atomic E-state index is 11.2. The SMILES string of the molecule is Cc1sc(Br)cc1C(N)CC1(CC(=O)O)CCCCC1. The molecule has 0 amide bonds. The highest BCUT2D eigenvalue weighted by atomic mass is 79.9. The highest BCUT2D eigenvalue weighted by molar-refractivity contribution is 9.11. The van der Waals surface area contributed by atoms with Crippen molar-refractivity contribution in [2.75, 3.05) is 0 Å². The number of carboxylic acid groups (broad SMARTS) is 1. The Morgan fingerprint density at radius 1 is 1.50 bits per heavy atom. The summed E-state index contributed by atoms with van der Waals surface area (Å²) in [6.45, 7) is 2.08. The number of thiophene rings is 1. The number of carbonyl (C=O) groups is 1. The molecule has 20 heavy (non-hydrogen) atoms. The predicted molar refractivity (Wildman–Crippen MR) is 86.1 cm³/mol. The first-order valence-electron chi connectivity index (χ1n) is 7.15. The number of carboxylic acids is 1. The summed E-state index contributed by atoms with van der Waals surface area (Å²) in [5.74, 6) is -0.692. The third-order valence-electron chi connectivity index (χ3n) is 4.42. The van der Waals surface area contributed by atoms with Crippen molar-refractivity contribution in [3.05, 3.63) is 20.3 Å². The quantitative estimate of drug-likeness (QED) is 0.804. The van der Waals surface area contributed by atoms with Crippen LogP contribution in [-0.2, 0) is 4.79 Å². The minimum Gasteiger partial charge on any atom is -0.481 e. The van der Waals surface area contributed by atoms with Crippen LogP contribution in [0.1, 0.15) is 61.4 Å². The number of nitrogens with two attached hydrogens (primary N) is 1. The van der Waals surface area contributed by atoms with Crippen LogP contribution >= 0.6 is 27.3 Å². The molecule has 0 bridgehead atoms. The molecule has 5 heteroatoms. The van der Waals surface area contributed by atoms with E-state index in [9.17, 15) is 9.90 Å². The van der Waals surface area contributed by atoms with E-state index in [1.807, 2.05) is 0 Å². The van der Waals surface area contributed by atoms with E-state index in [-0.39, 0.29) is 17.9 Å². The Morgan fingerprint density at radius 2 is 2.15 bits per heavy atom. The van der Waals surface area contributed by atoms with Crippen molar-refractivity contribution in [3.63, 3.8) is 0 Å². The molecule has 1 aromatic heterocycles. The van der Waals surface area contributed by atoms with Gasteiger partial charge in [-0.3, -0.25) is 4.79 Å². The lowest BCUT2D eigenvalue weighted by molar-refractivity contribution is -0.140. The van der Waals surface area contributed by atoms with Crippen molar-refractivity contribution in [1.29, 1.82) is 0 Å². The zero-order valence-corrected chi connectivity index (χ0v) is 14.2. The van der Waals surface area contributed by atoms with Crippen LogP contribution in [0.4, 0.5) is 0 Å². The molecule has 1 aromatic rings. The normalized spacial score (nSPS) is 19.8. The molecule has 0 radical (unpaired) electrons. The highest BCUT2D eigenvalue weighted by Crippen LogP contribution is 2.46. The average molecular weight is 360 g/mol. The van der Waals surface area contributed by atoms with Crippen molar-refractivity contribution in [1.82, 2.24) is 0 Å². The van der Waals surface area contributed by atoms with Crippen LogP contribution in [0.15, 0.2) is 9.85 Å². The van der Waals surface area contributed by atoms with Gasteiger partial charge in [0, 0.05) is 10.9 Å². The van der Waals surface area contributed by atoms with E-state index in [1.54, 1.807) is 11.3 Å². The summed E-state index contributed by atoms with van der Waals surface area (Å²) < 4.78 is 1.09. The van der Waals surface area contributed by atoms with Gasteiger partial charge in [-0.25, -0.2) is 0 Å². The topological polar surface area (TPSA) is 63.3 Å². The summed E-state index contributed by atoms with van der Waals surface area (Å²) in [5, 5.41) is 9.23. The summed E-state index contributed by atoms with van der Waals surface area (Å²) in [6, 6.07) is 2.03. The van der Waals surface area contributed by atoms with Gasteiger partial charge in [0.15, 0.2) is 0 Å². The van der Waals surface area contributed by atoms with Gasteiger partial charge in [0.25, 0.3) is 0 Å². The van der Waals surface area contributed by atoms with Gasteiger partial charge in [0.1, 0.15) is 0 Å². The molecule has 0 saturated heterocycles. The minimum atomic E-state index is -0.692. The van der Waals surface area contributed by atoms with E-state index in [0.717, 1.165) is 41.5 Å². The highest BCUT2D eigenvalue weighted by Gasteiger charge is 2.36.